The van der Waals surface area contributed by atoms with Crippen LogP contribution in [-0.4, -0.2) is 37.1 Å². The predicted molar refractivity (Wildman–Crippen MR) is 83.6 cm³/mol. The predicted octanol–water partition coefficient (Wildman–Crippen LogP) is 3.81. The van der Waals surface area contributed by atoms with Gasteiger partial charge in [-0.15, -0.1) is 0 Å². The summed E-state index contributed by atoms with van der Waals surface area (Å²) in [5.74, 6) is 1.01. The molecule has 1 saturated heterocycles. The second-order valence-electron chi connectivity index (χ2n) is 6.69. The molecule has 0 bridgehead atoms. The van der Waals surface area contributed by atoms with Gasteiger partial charge in [0.25, 0.3) is 0 Å². The van der Waals surface area contributed by atoms with E-state index in [4.69, 9.17) is 0 Å². The molecule has 2 fully saturated rings. The Balaban J connectivity index is 1.52. The molecule has 2 heteroatoms. The quantitative estimate of drug-likeness (QED) is 0.581. The van der Waals surface area contributed by atoms with Crippen molar-refractivity contribution in [1.29, 1.82) is 0 Å². The zero-order chi connectivity index (χ0) is 13.3. The number of rotatable bonds is 6. The number of nitrogens with one attached hydrogen (secondary N) is 1. The van der Waals surface area contributed by atoms with Gasteiger partial charge in [0.2, 0.25) is 0 Å². The highest BCUT2D eigenvalue weighted by atomic mass is 15.1. The Kier molecular flexibility index (Phi) is 7.23. The number of likely N-dealkylation sites (tertiary alicyclic amines) is 1. The zero-order valence-electron chi connectivity index (χ0n) is 13.0. The van der Waals surface area contributed by atoms with E-state index < -0.39 is 0 Å². The van der Waals surface area contributed by atoms with Crippen molar-refractivity contribution in [3.63, 3.8) is 0 Å². The Morgan fingerprint density at radius 3 is 2.58 bits per heavy atom. The molecule has 1 N–H and O–H groups in total. The molecule has 1 heterocycles. The maximum Gasteiger partial charge on any atom is 0.00671 e. The maximum absolute atomic E-state index is 3.82. The molecule has 0 amide bonds. The summed E-state index contributed by atoms with van der Waals surface area (Å²) < 4.78 is 0. The Morgan fingerprint density at radius 1 is 0.947 bits per heavy atom. The van der Waals surface area contributed by atoms with E-state index in [0.29, 0.717) is 0 Å². The Morgan fingerprint density at radius 2 is 1.79 bits per heavy atom. The third-order valence-electron chi connectivity index (χ3n) is 5.20. The highest BCUT2D eigenvalue weighted by Crippen LogP contribution is 2.25. The van der Waals surface area contributed by atoms with Gasteiger partial charge in [-0.25, -0.2) is 0 Å². The molecule has 1 aliphatic heterocycles. The first kappa shape index (κ1) is 15.3. The monoisotopic (exact) mass is 266 g/mol. The van der Waals surface area contributed by atoms with Crippen LogP contribution in [0.2, 0.25) is 0 Å². The first-order valence-electron chi connectivity index (χ1n) is 8.84. The average Bonchev–Trinajstić information content (AvgIpc) is 2.70. The van der Waals surface area contributed by atoms with Crippen molar-refractivity contribution in [2.24, 2.45) is 5.92 Å². The second-order valence-corrected chi connectivity index (χ2v) is 6.69. The van der Waals surface area contributed by atoms with Crippen LogP contribution in [0.4, 0.5) is 0 Å². The van der Waals surface area contributed by atoms with Crippen molar-refractivity contribution in [2.75, 3.05) is 26.2 Å². The summed E-state index contributed by atoms with van der Waals surface area (Å²) in [4.78, 5) is 2.66. The van der Waals surface area contributed by atoms with Crippen molar-refractivity contribution in [2.45, 2.75) is 77.2 Å². The summed E-state index contributed by atoms with van der Waals surface area (Å²) in [5, 5.41) is 3.82. The van der Waals surface area contributed by atoms with Crippen LogP contribution in [0.5, 0.6) is 0 Å². The van der Waals surface area contributed by atoms with E-state index in [9.17, 15) is 0 Å². The van der Waals surface area contributed by atoms with Crippen LogP contribution < -0.4 is 5.32 Å². The van der Waals surface area contributed by atoms with Crippen LogP contribution in [0.1, 0.15) is 71.1 Å². The maximum atomic E-state index is 3.82. The van der Waals surface area contributed by atoms with Gasteiger partial charge in [0.15, 0.2) is 0 Å². The molecule has 0 aromatic carbocycles. The summed E-state index contributed by atoms with van der Waals surface area (Å²) in [7, 11) is 0. The van der Waals surface area contributed by atoms with Gasteiger partial charge in [0.05, 0.1) is 0 Å². The van der Waals surface area contributed by atoms with Crippen molar-refractivity contribution >= 4 is 0 Å². The molecule has 1 saturated carbocycles. The molecule has 2 rings (SSSR count). The lowest BCUT2D eigenvalue weighted by atomic mass is 9.98. The molecule has 112 valence electrons. The molecule has 2 unspecified atom stereocenters. The molecule has 19 heavy (non-hydrogen) atoms. The van der Waals surface area contributed by atoms with Crippen LogP contribution in [0.3, 0.4) is 0 Å². The Labute approximate surface area is 120 Å². The first-order chi connectivity index (χ1) is 9.38. The van der Waals surface area contributed by atoms with Gasteiger partial charge in [-0.3, -0.25) is 0 Å². The smallest absolute Gasteiger partial charge is 0.00671 e. The van der Waals surface area contributed by atoms with Crippen molar-refractivity contribution in [1.82, 2.24) is 10.2 Å². The fraction of sp³-hybridized carbons (Fsp3) is 1.00. The van der Waals surface area contributed by atoms with E-state index >= 15 is 0 Å². The number of piperidine rings is 1. The number of nitrogens with zero attached hydrogens (tertiary/aromatic N) is 1. The van der Waals surface area contributed by atoms with Gasteiger partial charge >= 0.3 is 0 Å². The van der Waals surface area contributed by atoms with Crippen molar-refractivity contribution < 1.29 is 0 Å². The SMILES string of the molecule is CCC1CCCC(NCCCN2CCCCC2)CC1. The minimum Gasteiger partial charge on any atom is -0.314 e. The normalized spacial score (nSPS) is 30.2. The summed E-state index contributed by atoms with van der Waals surface area (Å²) >= 11 is 0. The highest BCUT2D eigenvalue weighted by molar-refractivity contribution is 4.75. The van der Waals surface area contributed by atoms with Crippen LogP contribution >= 0.6 is 0 Å². The van der Waals surface area contributed by atoms with Crippen LogP contribution in [0, 0.1) is 5.92 Å². The molecule has 0 aromatic rings. The molecular formula is C17H34N2. The fourth-order valence-electron chi connectivity index (χ4n) is 3.78. The van der Waals surface area contributed by atoms with Gasteiger partial charge in [-0.1, -0.05) is 32.6 Å². The molecule has 0 radical (unpaired) electrons. The first-order valence-corrected chi connectivity index (χ1v) is 8.84. The minimum atomic E-state index is 0.818. The van der Waals surface area contributed by atoms with Gasteiger partial charge in [-0.2, -0.15) is 0 Å². The lowest BCUT2D eigenvalue weighted by Crippen LogP contribution is -2.34. The molecule has 2 nitrogen and oxygen atoms in total. The highest BCUT2D eigenvalue weighted by Gasteiger charge is 2.17. The van der Waals surface area contributed by atoms with Gasteiger partial charge in [0, 0.05) is 6.04 Å². The van der Waals surface area contributed by atoms with E-state index in [1.807, 2.05) is 0 Å². The van der Waals surface area contributed by atoms with E-state index in [1.165, 1.54) is 90.4 Å². The number of hydrogen-bond acceptors (Lipinski definition) is 2. The van der Waals surface area contributed by atoms with Gasteiger partial charge in [-0.05, 0) is 70.6 Å². The summed E-state index contributed by atoms with van der Waals surface area (Å²) in [5.41, 5.74) is 0. The van der Waals surface area contributed by atoms with E-state index in [0.717, 1.165) is 12.0 Å². The van der Waals surface area contributed by atoms with E-state index in [1.54, 1.807) is 0 Å². The molecule has 0 spiro atoms. The fourth-order valence-corrected chi connectivity index (χ4v) is 3.78. The van der Waals surface area contributed by atoms with Crippen molar-refractivity contribution in [3.05, 3.63) is 0 Å². The third kappa shape index (κ3) is 5.83. The average molecular weight is 266 g/mol. The Bertz CT molecular complexity index is 223. The van der Waals surface area contributed by atoms with Crippen LogP contribution in [0.25, 0.3) is 0 Å². The molecule has 2 aliphatic rings. The zero-order valence-corrected chi connectivity index (χ0v) is 13.0. The standard InChI is InChI=1S/C17H34N2/c1-2-16-8-6-9-17(11-10-16)18-12-7-15-19-13-4-3-5-14-19/h16-18H,2-15H2,1H3. The van der Waals surface area contributed by atoms with E-state index in [-0.39, 0.29) is 0 Å². The molecular weight excluding hydrogens is 232 g/mol. The lowest BCUT2D eigenvalue weighted by Gasteiger charge is -2.26. The Hall–Kier alpha value is -0.0800. The van der Waals surface area contributed by atoms with Gasteiger partial charge in [0.1, 0.15) is 0 Å². The molecule has 2 atom stereocenters. The summed E-state index contributed by atoms with van der Waals surface area (Å²) in [6.07, 6.45) is 14.3. The summed E-state index contributed by atoms with van der Waals surface area (Å²) in [6, 6.07) is 0.818. The van der Waals surface area contributed by atoms with Gasteiger partial charge < -0.3 is 10.2 Å². The van der Waals surface area contributed by atoms with Crippen molar-refractivity contribution in [3.8, 4) is 0 Å². The lowest BCUT2D eigenvalue weighted by molar-refractivity contribution is 0.224. The number of hydrogen-bond donors (Lipinski definition) is 1. The van der Waals surface area contributed by atoms with E-state index in [2.05, 4.69) is 17.1 Å². The topological polar surface area (TPSA) is 15.3 Å². The molecule has 1 aliphatic carbocycles. The minimum absolute atomic E-state index is 0.818. The van der Waals surface area contributed by atoms with Crippen LogP contribution in [0.15, 0.2) is 0 Å². The second kappa shape index (κ2) is 8.97. The molecule has 0 aromatic heterocycles. The largest absolute Gasteiger partial charge is 0.314 e. The van der Waals surface area contributed by atoms with Crippen LogP contribution in [-0.2, 0) is 0 Å². The summed E-state index contributed by atoms with van der Waals surface area (Å²) in [6.45, 7) is 7.61. The third-order valence-corrected chi connectivity index (χ3v) is 5.20.